The number of ether oxygens (including phenoxy) is 2. The van der Waals surface area contributed by atoms with Gasteiger partial charge in [-0.15, -0.1) is 0 Å². The first-order valence-corrected chi connectivity index (χ1v) is 10.3. The lowest BCUT2D eigenvalue weighted by atomic mass is 10.1. The third kappa shape index (κ3) is 7.85. The fourth-order valence-electron chi connectivity index (χ4n) is 3.00. The molecule has 0 saturated heterocycles. The number of aliphatic imine (C=N–C) groups is 1. The number of nitrogens with one attached hydrogen (secondary N) is 3. The molecule has 0 fully saturated rings. The topological polar surface area (TPSA) is 84.0 Å². The van der Waals surface area contributed by atoms with Crippen LogP contribution in [0, 0.1) is 0 Å². The zero-order valence-electron chi connectivity index (χ0n) is 19.3. The highest BCUT2D eigenvalue weighted by Gasteiger charge is 2.15. The molecular formula is C24H34N4O3. The van der Waals surface area contributed by atoms with Crippen LogP contribution < -0.4 is 25.4 Å². The van der Waals surface area contributed by atoms with Gasteiger partial charge in [-0.05, 0) is 62.6 Å². The molecule has 0 aromatic heterocycles. The summed E-state index contributed by atoms with van der Waals surface area (Å²) in [5.41, 5.74) is 2.51. The van der Waals surface area contributed by atoms with Crippen molar-refractivity contribution in [2.45, 2.75) is 39.3 Å². The Bertz CT molecular complexity index is 904. The van der Waals surface area contributed by atoms with Crippen molar-refractivity contribution in [3.8, 4) is 11.5 Å². The standard InChI is InChI=1S/C24H34N4O3/c1-24(2,3)28-22(29)19-9-7-8-18(14-19)16-27-23(25-4)26-13-12-17-10-11-20(30-5)21(15-17)31-6/h7-11,14-15H,12-13,16H2,1-6H3,(H,28,29)(H2,25,26,27). The van der Waals surface area contributed by atoms with Crippen molar-refractivity contribution in [2.24, 2.45) is 4.99 Å². The minimum atomic E-state index is -0.273. The Hall–Kier alpha value is -3.22. The van der Waals surface area contributed by atoms with E-state index in [9.17, 15) is 4.79 Å². The molecule has 0 bridgehead atoms. The van der Waals surface area contributed by atoms with E-state index < -0.39 is 0 Å². The summed E-state index contributed by atoms with van der Waals surface area (Å²) in [7, 11) is 4.99. The van der Waals surface area contributed by atoms with E-state index in [0.717, 1.165) is 29.0 Å². The van der Waals surface area contributed by atoms with Crippen molar-refractivity contribution in [1.82, 2.24) is 16.0 Å². The number of benzene rings is 2. The SMILES string of the molecule is CN=C(NCCc1ccc(OC)c(OC)c1)NCc1cccc(C(=O)NC(C)(C)C)c1. The lowest BCUT2D eigenvalue weighted by molar-refractivity contribution is 0.0919. The summed E-state index contributed by atoms with van der Waals surface area (Å²) >= 11 is 0. The van der Waals surface area contributed by atoms with Gasteiger partial charge in [-0.25, -0.2) is 0 Å². The van der Waals surface area contributed by atoms with Crippen LogP contribution in [-0.4, -0.2) is 45.2 Å². The molecule has 3 N–H and O–H groups in total. The summed E-state index contributed by atoms with van der Waals surface area (Å²) in [5.74, 6) is 2.06. The number of guanidine groups is 1. The van der Waals surface area contributed by atoms with E-state index in [1.165, 1.54) is 0 Å². The lowest BCUT2D eigenvalue weighted by Crippen LogP contribution is -2.40. The molecule has 0 aliphatic carbocycles. The van der Waals surface area contributed by atoms with Crippen molar-refractivity contribution in [3.05, 3.63) is 59.2 Å². The van der Waals surface area contributed by atoms with E-state index in [1.807, 2.05) is 63.2 Å². The van der Waals surface area contributed by atoms with Gasteiger partial charge in [0.15, 0.2) is 17.5 Å². The molecule has 0 radical (unpaired) electrons. The lowest BCUT2D eigenvalue weighted by Gasteiger charge is -2.20. The van der Waals surface area contributed by atoms with E-state index in [2.05, 4.69) is 20.9 Å². The Morgan fingerprint density at radius 1 is 0.968 bits per heavy atom. The molecule has 2 rings (SSSR count). The predicted octanol–water partition coefficient (Wildman–Crippen LogP) is 3.14. The molecule has 31 heavy (non-hydrogen) atoms. The minimum Gasteiger partial charge on any atom is -0.493 e. The van der Waals surface area contributed by atoms with Gasteiger partial charge in [0, 0.05) is 31.2 Å². The summed E-state index contributed by atoms with van der Waals surface area (Å²) in [6.07, 6.45) is 0.809. The molecule has 0 spiro atoms. The summed E-state index contributed by atoms with van der Waals surface area (Å²) < 4.78 is 10.6. The Labute approximate surface area is 185 Å². The Morgan fingerprint density at radius 2 is 1.71 bits per heavy atom. The first-order chi connectivity index (χ1) is 14.8. The summed E-state index contributed by atoms with van der Waals surface area (Å²) in [5, 5.41) is 9.59. The number of carbonyl (C=O) groups is 1. The van der Waals surface area contributed by atoms with Gasteiger partial charge in [0.1, 0.15) is 0 Å². The maximum absolute atomic E-state index is 12.4. The van der Waals surface area contributed by atoms with E-state index in [-0.39, 0.29) is 11.4 Å². The van der Waals surface area contributed by atoms with Crippen LogP contribution in [-0.2, 0) is 13.0 Å². The number of carbonyl (C=O) groups excluding carboxylic acids is 1. The van der Waals surface area contributed by atoms with Crippen LogP contribution in [0.2, 0.25) is 0 Å². The fourth-order valence-corrected chi connectivity index (χ4v) is 3.00. The minimum absolute atomic E-state index is 0.0771. The van der Waals surface area contributed by atoms with Gasteiger partial charge < -0.3 is 25.4 Å². The van der Waals surface area contributed by atoms with Crippen LogP contribution >= 0.6 is 0 Å². The maximum atomic E-state index is 12.4. The summed E-state index contributed by atoms with van der Waals surface area (Å²) in [4.78, 5) is 16.7. The van der Waals surface area contributed by atoms with Gasteiger partial charge in [-0.1, -0.05) is 18.2 Å². The number of amides is 1. The highest BCUT2D eigenvalue weighted by molar-refractivity contribution is 5.94. The van der Waals surface area contributed by atoms with Crippen molar-refractivity contribution < 1.29 is 14.3 Å². The summed E-state index contributed by atoms with van der Waals surface area (Å²) in [6, 6.07) is 13.5. The molecule has 7 nitrogen and oxygen atoms in total. The smallest absolute Gasteiger partial charge is 0.251 e. The molecule has 0 unspecified atom stereocenters. The number of hydrogen-bond acceptors (Lipinski definition) is 4. The molecule has 0 heterocycles. The Kier molecular flexibility index (Phi) is 8.73. The molecule has 0 saturated carbocycles. The zero-order chi connectivity index (χ0) is 22.9. The van der Waals surface area contributed by atoms with Crippen molar-refractivity contribution in [3.63, 3.8) is 0 Å². The normalized spacial score (nSPS) is 11.6. The maximum Gasteiger partial charge on any atom is 0.251 e. The van der Waals surface area contributed by atoms with Crippen LogP contribution in [0.25, 0.3) is 0 Å². The summed E-state index contributed by atoms with van der Waals surface area (Å²) in [6.45, 7) is 7.17. The van der Waals surface area contributed by atoms with Gasteiger partial charge in [-0.2, -0.15) is 0 Å². The zero-order valence-corrected chi connectivity index (χ0v) is 19.3. The fraction of sp³-hybridized carbons (Fsp3) is 0.417. The quantitative estimate of drug-likeness (QED) is 0.446. The average Bonchev–Trinajstić information content (AvgIpc) is 2.74. The van der Waals surface area contributed by atoms with Crippen LogP contribution in [0.4, 0.5) is 0 Å². The number of rotatable bonds is 8. The monoisotopic (exact) mass is 426 g/mol. The predicted molar refractivity (Wildman–Crippen MR) is 125 cm³/mol. The highest BCUT2D eigenvalue weighted by Crippen LogP contribution is 2.27. The molecule has 1 amide bonds. The van der Waals surface area contributed by atoms with Crippen LogP contribution in [0.3, 0.4) is 0 Å². The number of methoxy groups -OCH3 is 2. The third-order valence-electron chi connectivity index (χ3n) is 4.52. The number of hydrogen-bond donors (Lipinski definition) is 3. The molecule has 168 valence electrons. The van der Waals surface area contributed by atoms with Crippen molar-refractivity contribution in [1.29, 1.82) is 0 Å². The van der Waals surface area contributed by atoms with Crippen LogP contribution in [0.15, 0.2) is 47.5 Å². The van der Waals surface area contributed by atoms with Crippen molar-refractivity contribution in [2.75, 3.05) is 27.8 Å². The number of nitrogens with zero attached hydrogens (tertiary/aromatic N) is 1. The Morgan fingerprint density at radius 3 is 2.35 bits per heavy atom. The van der Waals surface area contributed by atoms with Gasteiger partial charge in [0.25, 0.3) is 5.91 Å². The van der Waals surface area contributed by atoms with Crippen LogP contribution in [0.1, 0.15) is 42.3 Å². The second kappa shape index (κ2) is 11.2. The van der Waals surface area contributed by atoms with Gasteiger partial charge in [-0.3, -0.25) is 9.79 Å². The average molecular weight is 427 g/mol. The van der Waals surface area contributed by atoms with Crippen LogP contribution in [0.5, 0.6) is 11.5 Å². The second-order valence-electron chi connectivity index (χ2n) is 8.20. The Balaban J connectivity index is 1.87. The second-order valence-corrected chi connectivity index (χ2v) is 8.20. The van der Waals surface area contributed by atoms with Crippen molar-refractivity contribution >= 4 is 11.9 Å². The first-order valence-electron chi connectivity index (χ1n) is 10.3. The molecule has 0 aliphatic heterocycles. The third-order valence-corrected chi connectivity index (χ3v) is 4.52. The van der Waals surface area contributed by atoms with E-state index in [4.69, 9.17) is 9.47 Å². The highest BCUT2D eigenvalue weighted by atomic mass is 16.5. The molecule has 0 atom stereocenters. The van der Waals surface area contributed by atoms with Gasteiger partial charge in [0.2, 0.25) is 0 Å². The van der Waals surface area contributed by atoms with Gasteiger partial charge in [0.05, 0.1) is 14.2 Å². The molecular weight excluding hydrogens is 392 g/mol. The van der Waals surface area contributed by atoms with E-state index >= 15 is 0 Å². The van der Waals surface area contributed by atoms with E-state index in [1.54, 1.807) is 21.3 Å². The van der Waals surface area contributed by atoms with E-state index in [0.29, 0.717) is 24.6 Å². The molecule has 2 aromatic rings. The first kappa shape index (κ1) is 24.1. The largest absolute Gasteiger partial charge is 0.493 e. The van der Waals surface area contributed by atoms with Gasteiger partial charge >= 0.3 is 0 Å². The molecule has 0 aliphatic rings. The molecule has 2 aromatic carbocycles. The molecule has 7 heteroatoms.